The van der Waals surface area contributed by atoms with E-state index < -0.39 is 0 Å². The molecule has 0 saturated carbocycles. The Kier molecular flexibility index (Phi) is 4.44. The SMILES string of the molecule is Cc1ccc(Nc2ncc3c(n2)C[C@@H](c2ccc(F)cc2)CC3=O)c(C)c1. The van der Waals surface area contributed by atoms with Crippen LogP contribution in [-0.2, 0) is 6.42 Å². The molecule has 0 saturated heterocycles. The van der Waals surface area contributed by atoms with E-state index in [1.54, 1.807) is 18.3 Å². The van der Waals surface area contributed by atoms with E-state index in [1.807, 2.05) is 26.0 Å². The summed E-state index contributed by atoms with van der Waals surface area (Å²) < 4.78 is 13.2. The molecule has 2 aromatic carbocycles. The second-order valence-electron chi connectivity index (χ2n) is 7.08. The van der Waals surface area contributed by atoms with Gasteiger partial charge in [0, 0.05) is 18.3 Å². The molecule has 136 valence electrons. The summed E-state index contributed by atoms with van der Waals surface area (Å²) in [6, 6.07) is 12.5. The summed E-state index contributed by atoms with van der Waals surface area (Å²) in [6.07, 6.45) is 2.64. The van der Waals surface area contributed by atoms with Gasteiger partial charge in [0.2, 0.25) is 5.95 Å². The number of benzene rings is 2. The number of carbonyl (C=O) groups is 1. The number of anilines is 2. The third-order valence-corrected chi connectivity index (χ3v) is 5.01. The van der Waals surface area contributed by atoms with Crippen LogP contribution in [0, 0.1) is 19.7 Å². The Morgan fingerprint density at radius 1 is 1.07 bits per heavy atom. The molecule has 0 bridgehead atoms. The number of nitrogens with zero attached hydrogens (tertiary/aromatic N) is 2. The van der Waals surface area contributed by atoms with Gasteiger partial charge in [0.1, 0.15) is 5.82 Å². The molecular weight excluding hydrogens is 341 g/mol. The fourth-order valence-electron chi connectivity index (χ4n) is 3.55. The van der Waals surface area contributed by atoms with Gasteiger partial charge in [0.05, 0.1) is 11.3 Å². The third kappa shape index (κ3) is 3.58. The van der Waals surface area contributed by atoms with Gasteiger partial charge < -0.3 is 5.32 Å². The van der Waals surface area contributed by atoms with E-state index in [2.05, 4.69) is 21.4 Å². The van der Waals surface area contributed by atoms with E-state index in [1.165, 1.54) is 17.7 Å². The fourth-order valence-corrected chi connectivity index (χ4v) is 3.55. The van der Waals surface area contributed by atoms with E-state index in [0.717, 1.165) is 22.5 Å². The molecule has 1 aliphatic rings. The van der Waals surface area contributed by atoms with Crippen LogP contribution in [0.1, 0.15) is 45.1 Å². The normalized spacial score (nSPS) is 16.1. The number of rotatable bonds is 3. The Morgan fingerprint density at radius 2 is 1.85 bits per heavy atom. The van der Waals surface area contributed by atoms with Crippen molar-refractivity contribution in [3.05, 3.63) is 82.4 Å². The summed E-state index contributed by atoms with van der Waals surface area (Å²) in [5.41, 5.74) is 5.52. The molecule has 1 N–H and O–H groups in total. The summed E-state index contributed by atoms with van der Waals surface area (Å²) in [4.78, 5) is 21.4. The zero-order valence-electron chi connectivity index (χ0n) is 15.3. The van der Waals surface area contributed by atoms with Crippen LogP contribution in [-0.4, -0.2) is 15.8 Å². The smallest absolute Gasteiger partial charge is 0.227 e. The average molecular weight is 361 g/mol. The van der Waals surface area contributed by atoms with Gasteiger partial charge in [-0.1, -0.05) is 29.8 Å². The van der Waals surface area contributed by atoms with Gasteiger partial charge in [-0.3, -0.25) is 4.79 Å². The lowest BCUT2D eigenvalue weighted by molar-refractivity contribution is 0.0962. The Balaban J connectivity index is 1.62. The first-order valence-corrected chi connectivity index (χ1v) is 8.98. The highest BCUT2D eigenvalue weighted by molar-refractivity contribution is 5.98. The van der Waals surface area contributed by atoms with E-state index in [-0.39, 0.29) is 17.5 Å². The zero-order valence-corrected chi connectivity index (χ0v) is 15.3. The molecule has 4 nitrogen and oxygen atoms in total. The van der Waals surface area contributed by atoms with E-state index >= 15 is 0 Å². The second kappa shape index (κ2) is 6.91. The zero-order chi connectivity index (χ0) is 19.0. The van der Waals surface area contributed by atoms with Crippen molar-refractivity contribution in [1.29, 1.82) is 0 Å². The molecule has 0 aliphatic heterocycles. The third-order valence-electron chi connectivity index (χ3n) is 5.01. The van der Waals surface area contributed by atoms with Crippen LogP contribution in [0.5, 0.6) is 0 Å². The van der Waals surface area contributed by atoms with E-state index in [4.69, 9.17) is 0 Å². The highest BCUT2D eigenvalue weighted by atomic mass is 19.1. The van der Waals surface area contributed by atoms with Crippen LogP contribution in [0.3, 0.4) is 0 Å². The van der Waals surface area contributed by atoms with E-state index in [9.17, 15) is 9.18 Å². The first-order chi connectivity index (χ1) is 13.0. The number of Topliss-reactive ketones (excluding diaryl/α,β-unsaturated/α-hetero) is 1. The lowest BCUT2D eigenvalue weighted by atomic mass is 9.82. The summed E-state index contributed by atoms with van der Waals surface area (Å²) >= 11 is 0. The van der Waals surface area contributed by atoms with Crippen molar-refractivity contribution < 1.29 is 9.18 Å². The van der Waals surface area contributed by atoms with Gasteiger partial charge in [-0.15, -0.1) is 0 Å². The largest absolute Gasteiger partial charge is 0.324 e. The van der Waals surface area contributed by atoms with Crippen molar-refractivity contribution in [2.45, 2.75) is 32.6 Å². The topological polar surface area (TPSA) is 54.9 Å². The maximum absolute atomic E-state index is 13.2. The Morgan fingerprint density at radius 3 is 2.59 bits per heavy atom. The molecule has 3 aromatic rings. The maximum atomic E-state index is 13.2. The molecule has 27 heavy (non-hydrogen) atoms. The van der Waals surface area contributed by atoms with Crippen LogP contribution in [0.25, 0.3) is 0 Å². The molecule has 0 radical (unpaired) electrons. The number of fused-ring (bicyclic) bond motifs is 1. The molecule has 0 unspecified atom stereocenters. The number of ketones is 1. The monoisotopic (exact) mass is 361 g/mol. The van der Waals surface area contributed by atoms with Gasteiger partial charge in [0.15, 0.2) is 5.78 Å². The maximum Gasteiger partial charge on any atom is 0.227 e. The molecule has 1 atom stereocenters. The second-order valence-corrected chi connectivity index (χ2v) is 7.08. The van der Waals surface area contributed by atoms with Crippen LogP contribution in [0.4, 0.5) is 16.0 Å². The van der Waals surface area contributed by atoms with Crippen LogP contribution in [0.15, 0.2) is 48.7 Å². The minimum Gasteiger partial charge on any atom is -0.324 e. The number of hydrogen-bond donors (Lipinski definition) is 1. The summed E-state index contributed by atoms with van der Waals surface area (Å²) in [5, 5.41) is 3.24. The van der Waals surface area contributed by atoms with Crippen molar-refractivity contribution in [2.75, 3.05) is 5.32 Å². The minimum absolute atomic E-state index is 0.00876. The first-order valence-electron chi connectivity index (χ1n) is 8.98. The number of carbonyl (C=O) groups excluding carboxylic acids is 1. The number of nitrogens with one attached hydrogen (secondary N) is 1. The molecule has 0 amide bonds. The van der Waals surface area contributed by atoms with Crippen LogP contribution < -0.4 is 5.32 Å². The predicted octanol–water partition coefficient (Wildman–Crippen LogP) is 4.89. The highest BCUT2D eigenvalue weighted by Gasteiger charge is 2.28. The molecule has 1 aromatic heterocycles. The molecule has 1 heterocycles. The summed E-state index contributed by atoms with van der Waals surface area (Å²) in [6.45, 7) is 4.08. The quantitative estimate of drug-likeness (QED) is 0.722. The molecule has 5 heteroatoms. The number of hydrogen-bond acceptors (Lipinski definition) is 4. The van der Waals surface area contributed by atoms with Gasteiger partial charge in [0.25, 0.3) is 0 Å². The lowest BCUT2D eigenvalue weighted by Gasteiger charge is -2.23. The first kappa shape index (κ1) is 17.3. The molecule has 4 rings (SSSR count). The van der Waals surface area contributed by atoms with Gasteiger partial charge in [-0.25, -0.2) is 14.4 Å². The Hall–Kier alpha value is -3.08. The molecule has 1 aliphatic carbocycles. The summed E-state index contributed by atoms with van der Waals surface area (Å²) in [7, 11) is 0. The van der Waals surface area contributed by atoms with Crippen molar-refractivity contribution >= 4 is 17.4 Å². The molecule has 0 spiro atoms. The van der Waals surface area contributed by atoms with Crippen molar-refractivity contribution in [3.63, 3.8) is 0 Å². The molecule has 0 fully saturated rings. The number of halogens is 1. The standard InChI is InChI=1S/C22H20FN3O/c1-13-3-8-19(14(2)9-13)25-22-24-12-18-20(26-22)10-16(11-21(18)27)15-4-6-17(23)7-5-15/h3-9,12,16H,10-11H2,1-2H3,(H,24,25,26)/t16-/m1/s1. The highest BCUT2D eigenvalue weighted by Crippen LogP contribution is 2.32. The van der Waals surface area contributed by atoms with Gasteiger partial charge in [-0.05, 0) is 55.5 Å². The van der Waals surface area contributed by atoms with Crippen molar-refractivity contribution in [2.24, 2.45) is 0 Å². The minimum atomic E-state index is -0.274. The number of aryl methyl sites for hydroxylation is 2. The van der Waals surface area contributed by atoms with E-state index in [0.29, 0.717) is 24.4 Å². The van der Waals surface area contributed by atoms with Gasteiger partial charge >= 0.3 is 0 Å². The predicted molar refractivity (Wildman–Crippen MR) is 103 cm³/mol. The van der Waals surface area contributed by atoms with Crippen molar-refractivity contribution in [3.8, 4) is 0 Å². The van der Waals surface area contributed by atoms with Crippen LogP contribution in [0.2, 0.25) is 0 Å². The lowest BCUT2D eigenvalue weighted by Crippen LogP contribution is -2.21. The Bertz CT molecular complexity index is 1010. The number of aromatic nitrogens is 2. The van der Waals surface area contributed by atoms with Crippen LogP contribution >= 0.6 is 0 Å². The fraction of sp³-hybridized carbons (Fsp3) is 0.227. The average Bonchev–Trinajstić information content (AvgIpc) is 2.64. The summed E-state index contributed by atoms with van der Waals surface area (Å²) in [5.74, 6) is 0.245. The van der Waals surface area contributed by atoms with Gasteiger partial charge in [-0.2, -0.15) is 0 Å². The Labute approximate surface area is 157 Å². The van der Waals surface area contributed by atoms with Crippen molar-refractivity contribution in [1.82, 2.24) is 9.97 Å². The molecular formula is C22H20FN3O.